The molecule has 158 valence electrons. The molecular formula is C26H28BNO3. The van der Waals surface area contributed by atoms with Crippen LogP contribution in [0.3, 0.4) is 0 Å². The molecule has 0 saturated carbocycles. The third-order valence-electron chi connectivity index (χ3n) is 7.72. The minimum Gasteiger partial charge on any atom is -0.491 e. The van der Waals surface area contributed by atoms with Crippen molar-refractivity contribution in [2.24, 2.45) is 0 Å². The molecule has 31 heavy (non-hydrogen) atoms. The van der Waals surface area contributed by atoms with Crippen LogP contribution in [0.15, 0.2) is 82.2 Å². The number of fused-ring (bicyclic) bond motifs is 3. The normalized spacial score (nSPS) is 33.0. The Balaban J connectivity index is 1.44. The van der Waals surface area contributed by atoms with Gasteiger partial charge in [0.1, 0.15) is 17.5 Å². The Morgan fingerprint density at radius 2 is 1.94 bits per heavy atom. The summed E-state index contributed by atoms with van der Waals surface area (Å²) in [5, 5.41) is 0. The smallest absolute Gasteiger partial charge is 0.295 e. The van der Waals surface area contributed by atoms with Gasteiger partial charge in [-0.2, -0.15) is 0 Å². The van der Waals surface area contributed by atoms with E-state index in [1.807, 2.05) is 0 Å². The third-order valence-corrected chi connectivity index (χ3v) is 7.72. The van der Waals surface area contributed by atoms with Gasteiger partial charge in [0, 0.05) is 12.1 Å². The molecule has 4 nitrogen and oxygen atoms in total. The first-order valence-corrected chi connectivity index (χ1v) is 12.1. The minimum atomic E-state index is 0.0143. The van der Waals surface area contributed by atoms with Crippen molar-refractivity contribution in [2.75, 3.05) is 0 Å². The molecule has 0 N–H and O–H groups in total. The quantitative estimate of drug-likeness (QED) is 0.426. The molecule has 4 aliphatic carbocycles. The van der Waals surface area contributed by atoms with Crippen LogP contribution in [0.5, 0.6) is 0 Å². The van der Waals surface area contributed by atoms with Gasteiger partial charge in [-0.25, -0.2) is 0 Å². The van der Waals surface area contributed by atoms with Crippen LogP contribution >= 0.6 is 0 Å². The summed E-state index contributed by atoms with van der Waals surface area (Å²) in [7, 11) is 0. The van der Waals surface area contributed by atoms with Gasteiger partial charge in [-0.1, -0.05) is 24.3 Å². The van der Waals surface area contributed by atoms with Gasteiger partial charge in [0.15, 0.2) is 6.10 Å². The molecule has 7 rings (SSSR count). The first kappa shape index (κ1) is 18.1. The molecule has 0 amide bonds. The molecule has 0 saturated heterocycles. The molecule has 0 aromatic carbocycles. The zero-order valence-electron chi connectivity index (χ0n) is 17.9. The molecular weight excluding hydrogens is 385 g/mol. The fraction of sp³-hybridized carbons (Fsp3) is 0.462. The molecule has 3 unspecified atom stereocenters. The maximum absolute atomic E-state index is 6.83. The summed E-state index contributed by atoms with van der Waals surface area (Å²) in [6.07, 6.45) is 25.7. The summed E-state index contributed by atoms with van der Waals surface area (Å²) >= 11 is 0. The molecule has 3 atom stereocenters. The van der Waals surface area contributed by atoms with E-state index in [0.717, 1.165) is 62.2 Å². The van der Waals surface area contributed by atoms with Crippen molar-refractivity contribution in [2.45, 2.75) is 76.0 Å². The Morgan fingerprint density at radius 1 is 0.968 bits per heavy atom. The average molecular weight is 413 g/mol. The molecule has 3 aliphatic heterocycles. The van der Waals surface area contributed by atoms with E-state index in [9.17, 15) is 0 Å². The van der Waals surface area contributed by atoms with Crippen molar-refractivity contribution < 1.29 is 14.2 Å². The highest BCUT2D eigenvalue weighted by Crippen LogP contribution is 2.50. The fourth-order valence-corrected chi connectivity index (χ4v) is 6.31. The average Bonchev–Trinajstić information content (AvgIpc) is 2.83. The van der Waals surface area contributed by atoms with Crippen molar-refractivity contribution in [1.29, 1.82) is 0 Å². The number of hydrogen-bond donors (Lipinski definition) is 0. The van der Waals surface area contributed by atoms with E-state index >= 15 is 0 Å². The molecule has 0 aromatic rings. The molecule has 0 fully saturated rings. The van der Waals surface area contributed by atoms with Crippen LogP contribution in [-0.4, -0.2) is 29.9 Å². The van der Waals surface area contributed by atoms with Crippen molar-refractivity contribution in [3.63, 3.8) is 0 Å². The number of allylic oxidation sites excluding steroid dienone is 7. The highest BCUT2D eigenvalue weighted by Gasteiger charge is 2.54. The first-order chi connectivity index (χ1) is 15.4. The van der Waals surface area contributed by atoms with Gasteiger partial charge in [-0.15, -0.1) is 0 Å². The SMILES string of the molecule is C1=CC(N2C3=C(OC4C=CCCC4O3)B3C4=C(CCCC4)OC4=C3C2CC=C4)=CCC1. The number of nitrogens with zero attached hydrogens (tertiary/aromatic N) is 1. The monoisotopic (exact) mass is 413 g/mol. The predicted molar refractivity (Wildman–Crippen MR) is 120 cm³/mol. The van der Waals surface area contributed by atoms with Gasteiger partial charge in [0.25, 0.3) is 6.71 Å². The lowest BCUT2D eigenvalue weighted by Crippen LogP contribution is -2.55. The van der Waals surface area contributed by atoms with Crippen molar-refractivity contribution in [1.82, 2.24) is 4.90 Å². The number of rotatable bonds is 1. The molecule has 0 radical (unpaired) electrons. The van der Waals surface area contributed by atoms with Gasteiger partial charge >= 0.3 is 0 Å². The van der Waals surface area contributed by atoms with Crippen molar-refractivity contribution in [3.05, 3.63) is 82.2 Å². The van der Waals surface area contributed by atoms with E-state index in [0.29, 0.717) is 0 Å². The second-order valence-corrected chi connectivity index (χ2v) is 9.56. The second-order valence-electron chi connectivity index (χ2n) is 9.56. The van der Waals surface area contributed by atoms with Crippen LogP contribution in [-0.2, 0) is 14.2 Å². The number of hydrogen-bond acceptors (Lipinski definition) is 4. The van der Waals surface area contributed by atoms with Gasteiger partial charge in [-0.05, 0) is 80.5 Å². The standard InChI is InChI=1S/C26H28BNO3/c1-2-9-17(10-3-1)28-19-12-8-16-23-24(19)27(18-11-4-5-13-20(18)29-23)25-26(28)31-22-15-7-6-14-21(22)30-25/h2,6,8-10,14,16,19,21-22H,1,3-5,7,11-13,15H2. The highest BCUT2D eigenvalue weighted by atomic mass is 16.6. The molecule has 7 aliphatic rings. The van der Waals surface area contributed by atoms with Crippen LogP contribution in [0, 0.1) is 0 Å². The lowest BCUT2D eigenvalue weighted by Gasteiger charge is -2.51. The lowest BCUT2D eigenvalue weighted by molar-refractivity contribution is -0.0710. The number of ether oxygens (including phenoxy) is 3. The predicted octanol–water partition coefficient (Wildman–Crippen LogP) is 5.39. The second kappa shape index (κ2) is 6.98. The fourth-order valence-electron chi connectivity index (χ4n) is 6.31. The topological polar surface area (TPSA) is 30.9 Å². The van der Waals surface area contributed by atoms with Crippen LogP contribution in [0.25, 0.3) is 0 Å². The van der Waals surface area contributed by atoms with Crippen molar-refractivity contribution in [3.8, 4) is 0 Å². The summed E-state index contributed by atoms with van der Waals surface area (Å²) < 4.78 is 20.2. The molecule has 3 heterocycles. The first-order valence-electron chi connectivity index (χ1n) is 12.1. The van der Waals surface area contributed by atoms with E-state index in [1.165, 1.54) is 35.2 Å². The van der Waals surface area contributed by atoms with Gasteiger partial charge in [0.2, 0.25) is 5.88 Å². The summed E-state index contributed by atoms with van der Waals surface area (Å²) in [6, 6.07) is 0.230. The Hall–Kier alpha value is -2.56. The van der Waals surface area contributed by atoms with Crippen LogP contribution < -0.4 is 0 Å². The van der Waals surface area contributed by atoms with Crippen LogP contribution in [0.2, 0.25) is 0 Å². The van der Waals surface area contributed by atoms with Crippen LogP contribution in [0.4, 0.5) is 0 Å². The zero-order chi connectivity index (χ0) is 20.4. The molecule has 0 spiro atoms. The third kappa shape index (κ3) is 2.68. The minimum absolute atomic E-state index is 0.0143. The lowest BCUT2D eigenvalue weighted by atomic mass is 9.33. The van der Waals surface area contributed by atoms with E-state index in [4.69, 9.17) is 14.2 Å². The molecule has 0 aromatic heterocycles. The van der Waals surface area contributed by atoms with Crippen LogP contribution in [0.1, 0.15) is 57.8 Å². The summed E-state index contributed by atoms with van der Waals surface area (Å²) in [6.45, 7) is 0.171. The largest absolute Gasteiger partial charge is 0.491 e. The highest BCUT2D eigenvalue weighted by molar-refractivity contribution is 6.81. The molecule has 0 bridgehead atoms. The Bertz CT molecular complexity index is 1040. The summed E-state index contributed by atoms with van der Waals surface area (Å²) in [4.78, 5) is 2.42. The summed E-state index contributed by atoms with van der Waals surface area (Å²) in [5.74, 6) is 3.19. The van der Waals surface area contributed by atoms with E-state index in [2.05, 4.69) is 47.4 Å². The van der Waals surface area contributed by atoms with Crippen molar-refractivity contribution >= 4 is 6.71 Å². The van der Waals surface area contributed by atoms with Gasteiger partial charge in [0.05, 0.1) is 11.8 Å². The summed E-state index contributed by atoms with van der Waals surface area (Å²) in [5.41, 5.74) is 5.07. The molecule has 5 heteroatoms. The Kier molecular flexibility index (Phi) is 4.06. The van der Waals surface area contributed by atoms with E-state index < -0.39 is 0 Å². The maximum Gasteiger partial charge on any atom is 0.295 e. The Morgan fingerprint density at radius 3 is 2.87 bits per heavy atom. The zero-order valence-corrected chi connectivity index (χ0v) is 17.9. The van der Waals surface area contributed by atoms with Gasteiger partial charge < -0.3 is 19.1 Å². The van der Waals surface area contributed by atoms with E-state index in [-0.39, 0.29) is 25.0 Å². The van der Waals surface area contributed by atoms with Gasteiger partial charge in [-0.3, -0.25) is 0 Å². The van der Waals surface area contributed by atoms with E-state index in [1.54, 1.807) is 0 Å². The Labute approximate surface area is 184 Å². The maximum atomic E-state index is 6.83.